The van der Waals surface area contributed by atoms with Crippen molar-refractivity contribution in [2.75, 3.05) is 5.06 Å². The second kappa shape index (κ2) is 9.67. The summed E-state index contributed by atoms with van der Waals surface area (Å²) >= 11 is 13.0. The lowest BCUT2D eigenvalue weighted by Gasteiger charge is -2.39. The van der Waals surface area contributed by atoms with E-state index < -0.39 is 0 Å². The maximum atomic E-state index is 10.9. The molecule has 0 bridgehead atoms. The number of hydroxylamine groups is 1. The fraction of sp³-hybridized carbons (Fsp3) is 0.500. The SMILES string of the molecule is CC(C)(C)[C@H]1CC[C@@H](N(O)c2c(Cl)cnc(Cc3ccccc3)c2Cl)CC1.Cl. The zero-order valence-corrected chi connectivity index (χ0v) is 19.0. The quantitative estimate of drug-likeness (QED) is 0.507. The van der Waals surface area contributed by atoms with Crippen molar-refractivity contribution in [3.63, 3.8) is 0 Å². The highest BCUT2D eigenvalue weighted by atomic mass is 35.5. The molecule has 0 spiro atoms. The van der Waals surface area contributed by atoms with Crippen LogP contribution in [0.25, 0.3) is 0 Å². The number of pyridine rings is 1. The van der Waals surface area contributed by atoms with E-state index in [4.69, 9.17) is 23.2 Å². The lowest BCUT2D eigenvalue weighted by Crippen LogP contribution is -2.38. The molecule has 6 heteroatoms. The van der Waals surface area contributed by atoms with Gasteiger partial charge in [0.2, 0.25) is 0 Å². The maximum Gasteiger partial charge on any atom is 0.104 e. The van der Waals surface area contributed by atoms with Gasteiger partial charge in [0.25, 0.3) is 0 Å². The molecule has 1 aromatic carbocycles. The number of benzene rings is 1. The minimum Gasteiger partial charge on any atom is -0.288 e. The molecular formula is C22H29Cl3N2O. The molecule has 0 saturated heterocycles. The Bertz CT molecular complexity index is 769. The summed E-state index contributed by atoms with van der Waals surface area (Å²) in [7, 11) is 0. The Morgan fingerprint density at radius 1 is 1.07 bits per heavy atom. The van der Waals surface area contributed by atoms with Crippen molar-refractivity contribution < 1.29 is 5.21 Å². The van der Waals surface area contributed by atoms with E-state index >= 15 is 0 Å². The van der Waals surface area contributed by atoms with Crippen molar-refractivity contribution in [2.24, 2.45) is 11.3 Å². The van der Waals surface area contributed by atoms with Crippen LogP contribution in [0.5, 0.6) is 0 Å². The fourth-order valence-corrected chi connectivity index (χ4v) is 4.57. The topological polar surface area (TPSA) is 36.4 Å². The monoisotopic (exact) mass is 442 g/mol. The van der Waals surface area contributed by atoms with Gasteiger partial charge in [0.15, 0.2) is 0 Å². The van der Waals surface area contributed by atoms with E-state index in [1.807, 2.05) is 30.3 Å². The molecule has 0 amide bonds. The predicted octanol–water partition coefficient (Wildman–Crippen LogP) is 7.20. The van der Waals surface area contributed by atoms with E-state index in [-0.39, 0.29) is 18.4 Å². The van der Waals surface area contributed by atoms with Crippen LogP contribution >= 0.6 is 35.6 Å². The Morgan fingerprint density at radius 2 is 1.68 bits per heavy atom. The lowest BCUT2D eigenvalue weighted by atomic mass is 9.71. The number of halogens is 3. The Labute approximate surface area is 184 Å². The Morgan fingerprint density at radius 3 is 2.25 bits per heavy atom. The average molecular weight is 444 g/mol. The summed E-state index contributed by atoms with van der Waals surface area (Å²) in [6, 6.07) is 10.1. The largest absolute Gasteiger partial charge is 0.288 e. The predicted molar refractivity (Wildman–Crippen MR) is 120 cm³/mol. The first kappa shape index (κ1) is 23.3. The summed E-state index contributed by atoms with van der Waals surface area (Å²) in [6.45, 7) is 6.88. The average Bonchev–Trinajstić information content (AvgIpc) is 2.64. The highest BCUT2D eigenvalue weighted by Gasteiger charge is 2.33. The molecule has 0 radical (unpaired) electrons. The van der Waals surface area contributed by atoms with Crippen LogP contribution in [-0.2, 0) is 6.42 Å². The molecule has 1 N–H and O–H groups in total. The third-order valence-corrected chi connectivity index (χ3v) is 6.41. The third-order valence-electron chi connectivity index (χ3n) is 5.73. The first-order valence-corrected chi connectivity index (χ1v) is 10.4. The van der Waals surface area contributed by atoms with E-state index in [0.29, 0.717) is 33.5 Å². The summed E-state index contributed by atoms with van der Waals surface area (Å²) in [5.74, 6) is 0.680. The molecule has 1 aliphatic rings. The molecule has 1 fully saturated rings. The molecule has 3 nitrogen and oxygen atoms in total. The van der Waals surface area contributed by atoms with Crippen LogP contribution in [0, 0.1) is 11.3 Å². The summed E-state index contributed by atoms with van der Waals surface area (Å²) in [5, 5.41) is 13.0. The van der Waals surface area contributed by atoms with E-state index in [2.05, 4.69) is 25.8 Å². The van der Waals surface area contributed by atoms with Gasteiger partial charge in [-0.2, -0.15) is 0 Å². The Kier molecular flexibility index (Phi) is 8.04. The zero-order valence-electron chi connectivity index (χ0n) is 16.7. The second-order valence-electron chi connectivity index (χ2n) is 8.59. The molecule has 28 heavy (non-hydrogen) atoms. The van der Waals surface area contributed by atoms with Crippen molar-refractivity contribution in [3.8, 4) is 0 Å². The van der Waals surface area contributed by atoms with Crippen molar-refractivity contribution in [1.29, 1.82) is 0 Å². The van der Waals surface area contributed by atoms with Crippen molar-refractivity contribution in [2.45, 2.75) is 58.9 Å². The van der Waals surface area contributed by atoms with E-state index in [1.165, 1.54) is 5.06 Å². The van der Waals surface area contributed by atoms with Crippen molar-refractivity contribution in [3.05, 3.63) is 57.8 Å². The number of anilines is 1. The van der Waals surface area contributed by atoms with Crippen molar-refractivity contribution in [1.82, 2.24) is 4.98 Å². The van der Waals surface area contributed by atoms with Crippen LogP contribution < -0.4 is 5.06 Å². The van der Waals surface area contributed by atoms with Crippen molar-refractivity contribution >= 4 is 41.3 Å². The minimum absolute atomic E-state index is 0. The van der Waals surface area contributed by atoms with E-state index in [0.717, 1.165) is 36.9 Å². The molecular weight excluding hydrogens is 415 g/mol. The number of aromatic nitrogens is 1. The molecule has 1 aliphatic carbocycles. The highest BCUT2D eigenvalue weighted by Crippen LogP contribution is 2.42. The fourth-order valence-electron chi connectivity index (χ4n) is 3.99. The molecule has 1 heterocycles. The van der Waals surface area contributed by atoms with Crippen LogP contribution in [-0.4, -0.2) is 16.2 Å². The minimum atomic E-state index is 0. The standard InChI is InChI=1S/C22H28Cl2N2O.ClH/c1-22(2,3)16-9-11-17(12-10-16)26(27)21-18(23)14-25-19(20(21)24)13-15-7-5-4-6-8-15;/h4-8,14,16-17,27H,9-13H2,1-3H3;1H/t16-,17+;. The molecule has 1 saturated carbocycles. The highest BCUT2D eigenvalue weighted by molar-refractivity contribution is 6.39. The van der Waals surface area contributed by atoms with Crippen LogP contribution in [0.2, 0.25) is 10.0 Å². The summed E-state index contributed by atoms with van der Waals surface area (Å²) in [5.41, 5.74) is 2.64. The van der Waals surface area contributed by atoms with Gasteiger partial charge >= 0.3 is 0 Å². The van der Waals surface area contributed by atoms with Gasteiger partial charge in [-0.1, -0.05) is 74.3 Å². The molecule has 154 valence electrons. The molecule has 0 aliphatic heterocycles. The summed E-state index contributed by atoms with van der Waals surface area (Å²) in [6.07, 6.45) is 6.26. The van der Waals surface area contributed by atoms with Crippen LogP contribution in [0.15, 0.2) is 36.5 Å². The molecule has 0 atom stereocenters. The number of nitrogens with zero attached hydrogens (tertiary/aromatic N) is 2. The van der Waals surface area contributed by atoms with Gasteiger partial charge in [-0.15, -0.1) is 12.4 Å². The Balaban J connectivity index is 0.00000280. The van der Waals surface area contributed by atoms with Gasteiger partial charge in [0.1, 0.15) is 5.69 Å². The van der Waals surface area contributed by atoms with Crippen LogP contribution in [0.4, 0.5) is 5.69 Å². The Hall–Kier alpha value is -1.000. The van der Waals surface area contributed by atoms with Gasteiger partial charge in [-0.25, -0.2) is 0 Å². The van der Waals surface area contributed by atoms with E-state index in [9.17, 15) is 5.21 Å². The third kappa shape index (κ3) is 5.33. The number of hydrogen-bond acceptors (Lipinski definition) is 3. The van der Waals surface area contributed by atoms with Crippen LogP contribution in [0.3, 0.4) is 0 Å². The first-order chi connectivity index (χ1) is 12.8. The van der Waals surface area contributed by atoms with Gasteiger partial charge in [-0.05, 0) is 42.6 Å². The van der Waals surface area contributed by atoms with Gasteiger partial charge < -0.3 is 0 Å². The zero-order chi connectivity index (χ0) is 19.6. The smallest absolute Gasteiger partial charge is 0.104 e. The van der Waals surface area contributed by atoms with Gasteiger partial charge in [-0.3, -0.25) is 15.3 Å². The molecule has 0 unspecified atom stereocenters. The number of hydrogen-bond donors (Lipinski definition) is 1. The maximum absolute atomic E-state index is 10.9. The lowest BCUT2D eigenvalue weighted by molar-refractivity contribution is 0.126. The van der Waals surface area contributed by atoms with Crippen LogP contribution in [0.1, 0.15) is 57.7 Å². The molecule has 3 rings (SSSR count). The van der Waals surface area contributed by atoms with Gasteiger partial charge in [0.05, 0.1) is 21.8 Å². The summed E-state index contributed by atoms with van der Waals surface area (Å²) in [4.78, 5) is 4.40. The summed E-state index contributed by atoms with van der Waals surface area (Å²) < 4.78 is 0. The molecule has 1 aromatic heterocycles. The normalized spacial score (nSPS) is 19.8. The van der Waals surface area contributed by atoms with Gasteiger partial charge in [0, 0.05) is 12.6 Å². The second-order valence-corrected chi connectivity index (χ2v) is 9.38. The first-order valence-electron chi connectivity index (χ1n) is 9.62. The van der Waals surface area contributed by atoms with E-state index in [1.54, 1.807) is 6.20 Å². The number of rotatable bonds is 4. The molecule has 2 aromatic rings.